The number of hydrogen-bond donors (Lipinski definition) is 0. The average molecular weight is 246 g/mol. The van der Waals surface area contributed by atoms with Crippen molar-refractivity contribution in [1.82, 2.24) is 0 Å². The van der Waals surface area contributed by atoms with Crippen molar-refractivity contribution in [1.29, 1.82) is 0 Å². The summed E-state index contributed by atoms with van der Waals surface area (Å²) in [6.07, 6.45) is 5.37. The number of benzene rings is 1. The summed E-state index contributed by atoms with van der Waals surface area (Å²) >= 11 is 0. The van der Waals surface area contributed by atoms with Crippen LogP contribution in [0.3, 0.4) is 0 Å². The Bertz CT molecular complexity index is 438. The minimum Gasteiger partial charge on any atom is -0.466 e. The summed E-state index contributed by atoms with van der Waals surface area (Å²) in [5, 5.41) is 0. The van der Waals surface area contributed by atoms with E-state index < -0.39 is 0 Å². The summed E-state index contributed by atoms with van der Waals surface area (Å²) in [5.41, 5.74) is 1.01. The van der Waals surface area contributed by atoms with Crippen LogP contribution in [0.5, 0.6) is 0 Å². The molecule has 96 valence electrons. The smallest absolute Gasteiger partial charge is 0.330 e. The van der Waals surface area contributed by atoms with Crippen LogP contribution in [0.2, 0.25) is 0 Å². The summed E-state index contributed by atoms with van der Waals surface area (Å²) in [7, 11) is 1.37. The molecule has 0 aliphatic carbocycles. The van der Waals surface area contributed by atoms with Gasteiger partial charge < -0.3 is 9.47 Å². The molecule has 0 amide bonds. The third-order valence-electron chi connectivity index (χ3n) is 3.27. The molecule has 0 spiro atoms. The molecule has 1 aromatic rings. The van der Waals surface area contributed by atoms with E-state index in [4.69, 9.17) is 4.74 Å². The Labute approximate surface area is 107 Å². The number of esters is 1. The first-order valence-electron chi connectivity index (χ1n) is 6.13. The van der Waals surface area contributed by atoms with Crippen LogP contribution in [0.25, 0.3) is 0 Å². The second kappa shape index (κ2) is 5.36. The van der Waals surface area contributed by atoms with Gasteiger partial charge in [-0.3, -0.25) is 0 Å². The monoisotopic (exact) mass is 246 g/mol. The van der Waals surface area contributed by atoms with E-state index in [1.54, 1.807) is 6.08 Å². The minimum atomic E-state index is -0.339. The van der Waals surface area contributed by atoms with Gasteiger partial charge in [0.1, 0.15) is 5.60 Å². The lowest BCUT2D eigenvalue weighted by molar-refractivity contribution is -0.134. The van der Waals surface area contributed by atoms with Crippen LogP contribution in [-0.2, 0) is 20.7 Å². The van der Waals surface area contributed by atoms with Crippen molar-refractivity contribution in [3.63, 3.8) is 0 Å². The normalized spacial score (nSPS) is 26.2. The number of hydrogen-bond acceptors (Lipinski definition) is 3. The highest BCUT2D eigenvalue weighted by Crippen LogP contribution is 2.40. The Morgan fingerprint density at radius 3 is 2.83 bits per heavy atom. The largest absolute Gasteiger partial charge is 0.466 e. The van der Waals surface area contributed by atoms with Gasteiger partial charge >= 0.3 is 5.97 Å². The van der Waals surface area contributed by atoms with Gasteiger partial charge in [0, 0.05) is 6.08 Å². The molecule has 1 saturated heterocycles. The molecule has 1 heterocycles. The van der Waals surface area contributed by atoms with E-state index in [9.17, 15) is 4.79 Å². The Hall–Kier alpha value is -1.61. The van der Waals surface area contributed by atoms with Crippen LogP contribution in [0.15, 0.2) is 42.5 Å². The number of aryl methyl sites for hydroxylation is 1. The molecule has 1 aliphatic rings. The number of carbonyl (C=O) groups excluding carboxylic acids is 1. The highest BCUT2D eigenvalue weighted by atomic mass is 16.6. The molecule has 3 nitrogen and oxygen atoms in total. The summed E-state index contributed by atoms with van der Waals surface area (Å²) in [4.78, 5) is 11.0. The Morgan fingerprint density at radius 1 is 1.44 bits per heavy atom. The molecule has 2 rings (SSSR count). The van der Waals surface area contributed by atoms with Crippen molar-refractivity contribution in [2.24, 2.45) is 0 Å². The Balaban J connectivity index is 1.80. The van der Waals surface area contributed by atoms with Gasteiger partial charge in [-0.25, -0.2) is 4.79 Å². The second-order valence-corrected chi connectivity index (χ2v) is 4.67. The van der Waals surface area contributed by atoms with E-state index >= 15 is 0 Å². The van der Waals surface area contributed by atoms with Crippen molar-refractivity contribution in [2.45, 2.75) is 31.5 Å². The van der Waals surface area contributed by atoms with Crippen LogP contribution in [-0.4, -0.2) is 24.8 Å². The van der Waals surface area contributed by atoms with Crippen molar-refractivity contribution in [3.8, 4) is 0 Å². The predicted octanol–water partition coefficient (Wildman–Crippen LogP) is 2.51. The maximum Gasteiger partial charge on any atom is 0.330 e. The Morgan fingerprint density at radius 2 is 2.17 bits per heavy atom. The maximum atomic E-state index is 11.0. The van der Waals surface area contributed by atoms with Crippen molar-refractivity contribution in [3.05, 3.63) is 48.0 Å². The SMILES string of the molecule is COC(=O)/C=C/C1(C)OC1CCc1ccccc1. The molecule has 0 saturated carbocycles. The first-order chi connectivity index (χ1) is 8.64. The van der Waals surface area contributed by atoms with Gasteiger partial charge in [-0.2, -0.15) is 0 Å². The predicted molar refractivity (Wildman–Crippen MR) is 69.2 cm³/mol. The molecular formula is C15H18O3. The first kappa shape index (κ1) is 12.8. The fraction of sp³-hybridized carbons (Fsp3) is 0.400. The number of rotatable bonds is 5. The van der Waals surface area contributed by atoms with E-state index in [0.717, 1.165) is 12.8 Å². The summed E-state index contributed by atoms with van der Waals surface area (Å²) in [6.45, 7) is 1.99. The number of epoxide rings is 1. The van der Waals surface area contributed by atoms with Crippen molar-refractivity contribution in [2.75, 3.05) is 7.11 Å². The number of methoxy groups -OCH3 is 1. The lowest BCUT2D eigenvalue weighted by atomic mass is 10.0. The van der Waals surface area contributed by atoms with E-state index in [0.29, 0.717) is 0 Å². The van der Waals surface area contributed by atoms with E-state index in [1.165, 1.54) is 18.7 Å². The third-order valence-corrected chi connectivity index (χ3v) is 3.27. The molecule has 2 unspecified atom stereocenters. The number of ether oxygens (including phenoxy) is 2. The molecule has 3 heteroatoms. The number of carbonyl (C=O) groups is 1. The highest BCUT2D eigenvalue weighted by Gasteiger charge is 2.49. The highest BCUT2D eigenvalue weighted by molar-refractivity contribution is 5.82. The molecule has 1 fully saturated rings. The van der Waals surface area contributed by atoms with Crippen LogP contribution >= 0.6 is 0 Å². The third kappa shape index (κ3) is 3.20. The lowest BCUT2D eigenvalue weighted by Crippen LogP contribution is -2.08. The summed E-state index contributed by atoms with van der Waals surface area (Å²) in [6, 6.07) is 10.3. The van der Waals surface area contributed by atoms with Crippen molar-refractivity contribution < 1.29 is 14.3 Å². The van der Waals surface area contributed by atoms with E-state index in [2.05, 4.69) is 16.9 Å². The molecule has 1 aliphatic heterocycles. The molecule has 1 aromatic carbocycles. The van der Waals surface area contributed by atoms with Crippen LogP contribution in [0, 0.1) is 0 Å². The fourth-order valence-electron chi connectivity index (χ4n) is 2.01. The van der Waals surface area contributed by atoms with Gasteiger partial charge in [-0.15, -0.1) is 0 Å². The van der Waals surface area contributed by atoms with Gasteiger partial charge in [0.25, 0.3) is 0 Å². The zero-order chi connectivity index (χ0) is 13.0. The van der Waals surface area contributed by atoms with Gasteiger partial charge in [-0.1, -0.05) is 30.3 Å². The van der Waals surface area contributed by atoms with Gasteiger partial charge in [0.05, 0.1) is 13.2 Å². The molecule has 2 atom stereocenters. The minimum absolute atomic E-state index is 0.193. The van der Waals surface area contributed by atoms with Crippen LogP contribution < -0.4 is 0 Å². The average Bonchev–Trinajstić information content (AvgIpc) is 3.06. The maximum absolute atomic E-state index is 11.0. The zero-order valence-electron chi connectivity index (χ0n) is 10.8. The van der Waals surface area contributed by atoms with Crippen LogP contribution in [0.4, 0.5) is 0 Å². The fourth-order valence-corrected chi connectivity index (χ4v) is 2.01. The molecule has 0 N–H and O–H groups in total. The van der Waals surface area contributed by atoms with Crippen molar-refractivity contribution >= 4 is 5.97 Å². The molecular weight excluding hydrogens is 228 g/mol. The van der Waals surface area contributed by atoms with Gasteiger partial charge in [0.15, 0.2) is 0 Å². The van der Waals surface area contributed by atoms with E-state index in [1.807, 2.05) is 25.1 Å². The summed E-state index contributed by atoms with van der Waals surface area (Å²) in [5.74, 6) is -0.339. The Kier molecular flexibility index (Phi) is 3.82. The molecule has 0 bridgehead atoms. The van der Waals surface area contributed by atoms with E-state index in [-0.39, 0.29) is 17.7 Å². The molecule has 0 aromatic heterocycles. The molecule has 0 radical (unpaired) electrons. The lowest BCUT2D eigenvalue weighted by Gasteiger charge is -2.00. The standard InChI is InChI=1S/C15H18O3/c1-15(11-10-14(16)17-2)13(18-15)9-8-12-6-4-3-5-7-12/h3-7,10-11,13H,8-9H2,1-2H3/b11-10+. The van der Waals surface area contributed by atoms with Gasteiger partial charge in [-0.05, 0) is 31.4 Å². The molecule has 18 heavy (non-hydrogen) atoms. The zero-order valence-corrected chi connectivity index (χ0v) is 10.8. The first-order valence-corrected chi connectivity index (χ1v) is 6.13. The van der Waals surface area contributed by atoms with Crippen LogP contribution in [0.1, 0.15) is 18.9 Å². The second-order valence-electron chi connectivity index (χ2n) is 4.67. The summed E-state index contributed by atoms with van der Waals surface area (Å²) < 4.78 is 10.2. The quantitative estimate of drug-likeness (QED) is 0.455. The topological polar surface area (TPSA) is 38.8 Å². The van der Waals surface area contributed by atoms with Gasteiger partial charge in [0.2, 0.25) is 0 Å².